The van der Waals surface area contributed by atoms with E-state index in [1.54, 1.807) is 22.8 Å². The first-order valence-corrected chi connectivity index (χ1v) is 8.99. The summed E-state index contributed by atoms with van der Waals surface area (Å²) in [4.78, 5) is 10.4. The Morgan fingerprint density at radius 3 is 2.43 bits per heavy atom. The van der Waals surface area contributed by atoms with Gasteiger partial charge in [0, 0.05) is 51.2 Å². The van der Waals surface area contributed by atoms with Crippen molar-refractivity contribution in [2.75, 3.05) is 43.4 Å². The molecule has 3 rings (SSSR count). The van der Waals surface area contributed by atoms with Crippen molar-refractivity contribution in [1.29, 1.82) is 0 Å². The Kier molecular flexibility index (Phi) is 4.37. The third kappa shape index (κ3) is 3.90. The molecule has 0 radical (unpaired) electrons. The molecule has 0 amide bonds. The fourth-order valence-electron chi connectivity index (χ4n) is 2.43. The van der Waals surface area contributed by atoms with Crippen LogP contribution in [0.4, 0.5) is 5.95 Å². The van der Waals surface area contributed by atoms with Gasteiger partial charge in [-0.25, -0.2) is 18.4 Å². The number of hydrogen-bond acceptors (Lipinski definition) is 6. The van der Waals surface area contributed by atoms with Gasteiger partial charge in [-0.15, -0.1) is 0 Å². The van der Waals surface area contributed by atoms with Crippen LogP contribution in [0.2, 0.25) is 0 Å². The molecule has 1 aromatic heterocycles. The van der Waals surface area contributed by atoms with Crippen LogP contribution in [0.25, 0.3) is 0 Å². The van der Waals surface area contributed by atoms with Gasteiger partial charge in [-0.05, 0) is 18.9 Å². The lowest BCUT2D eigenvalue weighted by Gasteiger charge is -2.33. The van der Waals surface area contributed by atoms with Gasteiger partial charge in [0.15, 0.2) is 0 Å². The minimum Gasteiger partial charge on any atom is -0.338 e. The molecule has 116 valence electrons. The van der Waals surface area contributed by atoms with Gasteiger partial charge in [0.2, 0.25) is 16.0 Å². The molecule has 1 aliphatic carbocycles. The predicted octanol–water partition coefficient (Wildman–Crippen LogP) is -0.320. The number of hydrogen-bond donors (Lipinski definition) is 1. The summed E-state index contributed by atoms with van der Waals surface area (Å²) in [6.07, 6.45) is 5.76. The molecule has 0 spiro atoms. The van der Waals surface area contributed by atoms with Gasteiger partial charge in [0.1, 0.15) is 0 Å². The highest BCUT2D eigenvalue weighted by Crippen LogP contribution is 2.18. The molecular formula is C13H21N5O2S. The van der Waals surface area contributed by atoms with E-state index in [0.29, 0.717) is 44.7 Å². The Balaban J connectivity index is 1.50. The van der Waals surface area contributed by atoms with Crippen molar-refractivity contribution in [1.82, 2.24) is 19.6 Å². The number of nitrogens with one attached hydrogen (secondary N) is 1. The summed E-state index contributed by atoms with van der Waals surface area (Å²) in [6.45, 7) is 2.83. The van der Waals surface area contributed by atoms with Gasteiger partial charge in [-0.1, -0.05) is 0 Å². The van der Waals surface area contributed by atoms with Crippen LogP contribution in [-0.4, -0.2) is 67.2 Å². The Hall–Kier alpha value is -1.25. The summed E-state index contributed by atoms with van der Waals surface area (Å²) in [7, 11) is -3.15. The summed E-state index contributed by atoms with van der Waals surface area (Å²) in [5.74, 6) is 0.857. The third-order valence-corrected chi connectivity index (χ3v) is 5.71. The number of anilines is 1. The van der Waals surface area contributed by atoms with Gasteiger partial charge in [-0.3, -0.25) is 0 Å². The SMILES string of the molecule is O=S(=O)(CCNC1CC1)N1CCN(c2ncccn2)CC1. The van der Waals surface area contributed by atoms with E-state index in [4.69, 9.17) is 0 Å². The van der Waals surface area contributed by atoms with Crippen molar-refractivity contribution in [2.24, 2.45) is 0 Å². The van der Waals surface area contributed by atoms with Crippen molar-refractivity contribution in [3.05, 3.63) is 18.5 Å². The van der Waals surface area contributed by atoms with E-state index in [1.165, 1.54) is 12.8 Å². The lowest BCUT2D eigenvalue weighted by molar-refractivity contribution is 0.382. The summed E-state index contributed by atoms with van der Waals surface area (Å²) in [5.41, 5.74) is 0. The van der Waals surface area contributed by atoms with Gasteiger partial charge in [-0.2, -0.15) is 4.31 Å². The number of piperazine rings is 1. The molecule has 7 nitrogen and oxygen atoms in total. The van der Waals surface area contributed by atoms with Crippen LogP contribution in [0.3, 0.4) is 0 Å². The fourth-order valence-corrected chi connectivity index (χ4v) is 3.78. The largest absolute Gasteiger partial charge is 0.338 e. The molecule has 0 atom stereocenters. The topological polar surface area (TPSA) is 78.4 Å². The maximum Gasteiger partial charge on any atom is 0.225 e. The zero-order valence-corrected chi connectivity index (χ0v) is 12.8. The van der Waals surface area contributed by atoms with Crippen LogP contribution >= 0.6 is 0 Å². The molecule has 0 unspecified atom stereocenters. The van der Waals surface area contributed by atoms with Crippen LogP contribution < -0.4 is 10.2 Å². The van der Waals surface area contributed by atoms with E-state index in [2.05, 4.69) is 15.3 Å². The Labute approximate surface area is 125 Å². The van der Waals surface area contributed by atoms with Crippen molar-refractivity contribution in [3.8, 4) is 0 Å². The predicted molar refractivity (Wildman–Crippen MR) is 80.6 cm³/mol. The van der Waals surface area contributed by atoms with Crippen LogP contribution in [0, 0.1) is 0 Å². The highest BCUT2D eigenvalue weighted by molar-refractivity contribution is 7.89. The Morgan fingerprint density at radius 1 is 1.14 bits per heavy atom. The average molecular weight is 311 g/mol. The summed E-state index contributed by atoms with van der Waals surface area (Å²) >= 11 is 0. The van der Waals surface area contributed by atoms with Crippen LogP contribution in [0.1, 0.15) is 12.8 Å². The molecule has 2 aliphatic rings. The lowest BCUT2D eigenvalue weighted by Crippen LogP contribution is -2.50. The highest BCUT2D eigenvalue weighted by atomic mass is 32.2. The fraction of sp³-hybridized carbons (Fsp3) is 0.692. The summed E-state index contributed by atoms with van der Waals surface area (Å²) < 4.78 is 26.1. The smallest absolute Gasteiger partial charge is 0.225 e. The van der Waals surface area contributed by atoms with E-state index >= 15 is 0 Å². The highest BCUT2D eigenvalue weighted by Gasteiger charge is 2.28. The number of aromatic nitrogens is 2. The monoisotopic (exact) mass is 311 g/mol. The first kappa shape index (κ1) is 14.7. The average Bonchev–Trinajstić information content (AvgIpc) is 3.32. The van der Waals surface area contributed by atoms with Gasteiger partial charge in [0.05, 0.1) is 5.75 Å². The van der Waals surface area contributed by atoms with E-state index < -0.39 is 10.0 Å². The normalized spacial score (nSPS) is 20.7. The summed E-state index contributed by atoms with van der Waals surface area (Å²) in [5, 5.41) is 3.25. The van der Waals surface area contributed by atoms with Crippen molar-refractivity contribution < 1.29 is 8.42 Å². The van der Waals surface area contributed by atoms with Crippen molar-refractivity contribution in [2.45, 2.75) is 18.9 Å². The lowest BCUT2D eigenvalue weighted by atomic mass is 10.4. The van der Waals surface area contributed by atoms with E-state index in [1.807, 2.05) is 4.90 Å². The molecule has 21 heavy (non-hydrogen) atoms. The van der Waals surface area contributed by atoms with Gasteiger partial charge >= 0.3 is 0 Å². The first-order valence-electron chi connectivity index (χ1n) is 7.38. The molecule has 0 aromatic carbocycles. The second-order valence-corrected chi connectivity index (χ2v) is 7.57. The van der Waals surface area contributed by atoms with Crippen LogP contribution in [0.15, 0.2) is 18.5 Å². The van der Waals surface area contributed by atoms with E-state index in [-0.39, 0.29) is 5.75 Å². The molecule has 8 heteroatoms. The molecule has 1 N–H and O–H groups in total. The minimum atomic E-state index is -3.15. The second-order valence-electron chi connectivity index (χ2n) is 5.48. The zero-order valence-electron chi connectivity index (χ0n) is 12.0. The molecule has 1 saturated heterocycles. The zero-order chi connectivity index (χ0) is 14.7. The first-order chi connectivity index (χ1) is 10.1. The van der Waals surface area contributed by atoms with Gasteiger partial charge < -0.3 is 10.2 Å². The van der Waals surface area contributed by atoms with Gasteiger partial charge in [0.25, 0.3) is 0 Å². The maximum atomic E-state index is 12.3. The Bertz CT molecular complexity index is 553. The van der Waals surface area contributed by atoms with Crippen molar-refractivity contribution >= 4 is 16.0 Å². The molecule has 0 bridgehead atoms. The van der Waals surface area contributed by atoms with Crippen molar-refractivity contribution in [3.63, 3.8) is 0 Å². The molecule has 1 aliphatic heterocycles. The number of sulfonamides is 1. The van der Waals surface area contributed by atoms with E-state index in [0.717, 1.165) is 0 Å². The molecule has 2 heterocycles. The number of rotatable bonds is 6. The summed E-state index contributed by atoms with van der Waals surface area (Å²) in [6, 6.07) is 2.32. The standard InChI is InChI=1S/C13H21N5O2S/c19-21(20,11-6-14-12-2-3-12)18-9-7-17(8-10-18)13-15-4-1-5-16-13/h1,4-5,12,14H,2-3,6-11H2. The number of nitrogens with zero attached hydrogens (tertiary/aromatic N) is 4. The molecule has 1 aromatic rings. The molecule has 2 fully saturated rings. The third-order valence-electron chi connectivity index (χ3n) is 3.84. The Morgan fingerprint density at radius 2 is 1.81 bits per heavy atom. The molecular weight excluding hydrogens is 290 g/mol. The van der Waals surface area contributed by atoms with Crippen LogP contribution in [-0.2, 0) is 10.0 Å². The van der Waals surface area contributed by atoms with Crippen LogP contribution in [0.5, 0.6) is 0 Å². The van der Waals surface area contributed by atoms with E-state index in [9.17, 15) is 8.42 Å². The minimum absolute atomic E-state index is 0.186. The molecule has 1 saturated carbocycles. The maximum absolute atomic E-state index is 12.3. The second kappa shape index (κ2) is 6.25. The quantitative estimate of drug-likeness (QED) is 0.776.